The number of aliphatic imine (C=N–C) groups is 2. The van der Waals surface area contributed by atoms with Crippen LogP contribution in [0.2, 0.25) is 0 Å². The minimum Gasteiger partial charge on any atom is -0.482 e. The third kappa shape index (κ3) is 547. The number of aromatic nitrogens is 24. The number of hydrogen-bond acceptors (Lipinski definition) is 27. The first-order valence-electron chi connectivity index (χ1n) is 50.8. The average Bonchev–Trinajstić information content (AvgIpc) is 2.06. The van der Waals surface area contributed by atoms with Gasteiger partial charge < -0.3 is 9.15 Å². The monoisotopic (exact) mass is 1910 g/mol. The number of aromatic amines is 3. The van der Waals surface area contributed by atoms with Gasteiger partial charge in [-0.25, -0.2) is 29.9 Å². The number of nitrogens with zero attached hydrogens (tertiary/aromatic N) is 23. The molecule has 2 aliphatic heterocycles. The van der Waals surface area contributed by atoms with Crippen molar-refractivity contribution in [1.29, 1.82) is 0 Å². The van der Waals surface area contributed by atoms with E-state index in [1.165, 1.54) is 80.6 Å². The van der Waals surface area contributed by atoms with Gasteiger partial charge in [-0.3, -0.25) is 30.0 Å². The van der Waals surface area contributed by atoms with Crippen molar-refractivity contribution in [2.75, 3.05) is 25.4 Å². The number of pyridine rings is 1. The fourth-order valence-corrected chi connectivity index (χ4v) is 3.34. The molecule has 0 unspecified atom stereocenters. The number of rotatable bonds is 0. The van der Waals surface area contributed by atoms with Gasteiger partial charge in [-0.2, -0.15) is 35.9 Å². The van der Waals surface area contributed by atoms with Crippen LogP contribution in [0.3, 0.4) is 0 Å². The summed E-state index contributed by atoms with van der Waals surface area (Å²) in [5.74, 6) is 1.19. The highest BCUT2D eigenvalue weighted by atomic mass is 32.2. The molecule has 131 heavy (non-hydrogen) atoms. The van der Waals surface area contributed by atoms with E-state index in [2.05, 4.69) is 141 Å². The van der Waals surface area contributed by atoms with Gasteiger partial charge in [0.25, 0.3) is 0 Å². The first kappa shape index (κ1) is 225. The van der Waals surface area contributed by atoms with Crippen LogP contribution in [0.5, 0.6) is 0 Å². The van der Waals surface area contributed by atoms with Crippen molar-refractivity contribution in [2.24, 2.45) is 9.98 Å². The molecule has 0 radical (unpaired) electrons. The van der Waals surface area contributed by atoms with Crippen molar-refractivity contribution in [1.82, 2.24) is 122 Å². The zero-order valence-corrected chi connectivity index (χ0v) is 102. The molecule has 3 N–H and O–H groups in total. The van der Waals surface area contributed by atoms with Gasteiger partial charge in [0.15, 0.2) is 12.7 Å². The predicted octanol–water partition coefficient (Wildman–Crippen LogP) is 36.5. The summed E-state index contributed by atoms with van der Waals surface area (Å²) in [5, 5.41) is 48.1. The van der Waals surface area contributed by atoms with Gasteiger partial charge in [-0.05, 0) is 30.3 Å². The van der Waals surface area contributed by atoms with E-state index in [1.807, 2.05) is 493 Å². The van der Waals surface area contributed by atoms with Crippen molar-refractivity contribution in [3.63, 3.8) is 0 Å². The van der Waals surface area contributed by atoms with Gasteiger partial charge in [-0.15, -0.1) is 53.7 Å². The summed E-state index contributed by atoms with van der Waals surface area (Å²) in [5.41, 5.74) is 5.26. The molecule has 0 fully saturated rings. The molecule has 0 aromatic carbocycles. The fourth-order valence-electron chi connectivity index (χ4n) is 2.54. The van der Waals surface area contributed by atoms with Crippen LogP contribution in [-0.4, -0.2) is 159 Å². The molecule has 0 atom stereocenters. The molecule has 0 saturated carbocycles. The summed E-state index contributed by atoms with van der Waals surface area (Å²) in [6.07, 6.45) is 34.0. The standard InChI is InChI=1S/C5H5N.3C4H4N2.C3H3N3.C3H5NO.C3H5NS.2C2H3N3.C2H2N2O.C2H2N2S.33C2H6.CH2N4/c1-2-4-6-5-3-1;1-2-6-4-3-5-1;1-2-5-4-6-3-1;1-2-4-6-5-3-1;1-4-2-6-3-5-1;2*1-2-5-3-4-1;1-3-2-5-4-1;1-2-4-5-3-1;2*1-3-4-2-5-1;33*1-2;1-2-4-5-3-1/h1-5H;3*1-4H;1-3H;2*3H,1-2H2;2*1-2H,(H,3,4,5);2*1-2H;33*1-2H3;1H,(H,2,3,4,5). The zero-order chi connectivity index (χ0) is 112. The van der Waals surface area contributed by atoms with E-state index in [-0.39, 0.29) is 0 Å². The molecular formula is C101H240N26O2S2. The molecule has 0 saturated heterocycles. The number of nitrogens with one attached hydrogen (secondary N) is 3. The minimum atomic E-state index is 0.778. The van der Waals surface area contributed by atoms with E-state index < -0.39 is 0 Å². The quantitative estimate of drug-likeness (QED) is 0.127. The maximum Gasteiger partial charge on any atom is 0.203 e. The molecule has 12 heterocycles. The molecule has 0 bridgehead atoms. The third-order valence-corrected chi connectivity index (χ3v) is 6.03. The molecule has 0 spiro atoms. The second kappa shape index (κ2) is 556. The van der Waals surface area contributed by atoms with Gasteiger partial charge in [0.05, 0.1) is 24.5 Å². The van der Waals surface area contributed by atoms with E-state index in [0.29, 0.717) is 0 Å². The highest BCUT2D eigenvalue weighted by Gasteiger charge is 1.86. The normalized spacial score (nSPS) is 6.40. The Morgan fingerprint density at radius 1 is 0.229 bits per heavy atom. The molecule has 30 heteroatoms. The Bertz CT molecular complexity index is 1630. The average molecular weight is 1920 g/mol. The van der Waals surface area contributed by atoms with Gasteiger partial charge >= 0.3 is 0 Å². The Balaban J connectivity index is -0.0000000245. The summed E-state index contributed by atoms with van der Waals surface area (Å²) in [7, 11) is 0. The maximum atomic E-state index is 4.65. The Kier molecular flexibility index (Phi) is 957. The van der Waals surface area contributed by atoms with Crippen LogP contribution in [-0.2, 0) is 4.74 Å². The molecule has 0 aliphatic carbocycles. The Labute approximate surface area is 832 Å². The van der Waals surface area contributed by atoms with E-state index >= 15 is 0 Å². The number of H-pyrrole nitrogens is 3. The van der Waals surface area contributed by atoms with Crippen molar-refractivity contribution in [2.45, 2.75) is 457 Å². The van der Waals surface area contributed by atoms with Crippen LogP contribution in [0.4, 0.5) is 0 Å². The maximum absolute atomic E-state index is 4.65. The first-order valence-corrected chi connectivity index (χ1v) is 52.8. The largest absolute Gasteiger partial charge is 0.482 e. The molecule has 798 valence electrons. The van der Waals surface area contributed by atoms with Crippen LogP contribution < -0.4 is 0 Å². The second-order valence-electron chi connectivity index (χ2n) is 9.32. The molecule has 12 rings (SSSR count). The van der Waals surface area contributed by atoms with E-state index in [4.69, 9.17) is 0 Å². The van der Waals surface area contributed by atoms with Gasteiger partial charge in [-0.1, -0.05) is 468 Å². The van der Waals surface area contributed by atoms with Crippen LogP contribution in [0.15, 0.2) is 193 Å². The Morgan fingerprint density at radius 2 is 0.534 bits per heavy atom. The van der Waals surface area contributed by atoms with E-state index in [9.17, 15) is 0 Å². The summed E-state index contributed by atoms with van der Waals surface area (Å²) < 4.78 is 9.01. The third-order valence-electron chi connectivity index (χ3n) is 4.88. The molecule has 2 aliphatic rings. The number of thioether (sulfide) groups is 1. The summed E-state index contributed by atoms with van der Waals surface area (Å²) in [6.45, 7) is 135. The lowest BCUT2D eigenvalue weighted by molar-refractivity contribution is 0.361. The van der Waals surface area contributed by atoms with E-state index in [1.54, 1.807) is 103 Å². The second-order valence-corrected chi connectivity index (χ2v) is 11.0. The molecular weight excluding hydrogens is 1670 g/mol. The fraction of sp³-hybridized carbons (Fsp3) is 0.693. The van der Waals surface area contributed by atoms with Crippen molar-refractivity contribution >= 4 is 35.0 Å². The van der Waals surface area contributed by atoms with Crippen LogP contribution in [0.1, 0.15) is 457 Å². The smallest absolute Gasteiger partial charge is 0.203 e. The molecule has 10 aromatic heterocycles. The van der Waals surface area contributed by atoms with Crippen LogP contribution in [0.25, 0.3) is 0 Å². The first-order chi connectivity index (χ1) is 65.5. The van der Waals surface area contributed by atoms with Crippen molar-refractivity contribution in [3.05, 3.63) is 179 Å². The van der Waals surface area contributed by atoms with Gasteiger partial charge in [0.1, 0.15) is 55.6 Å². The predicted molar refractivity (Wildman–Crippen MR) is 611 cm³/mol. The molecule has 10 aromatic rings. The Hall–Kier alpha value is -9.06. The van der Waals surface area contributed by atoms with Crippen LogP contribution >= 0.6 is 23.1 Å². The number of hydrogen-bond donors (Lipinski definition) is 3. The lowest BCUT2D eigenvalue weighted by Crippen LogP contribution is -1.80. The minimum absolute atomic E-state index is 0.778. The SMILES string of the molecule is C1=NCCO1.C1=NCCS1.CC.CC.CC.CC.CC.CC.CC.CC.CC.CC.CC.CC.CC.CC.CC.CC.CC.CC.CC.CC.CC.CC.CC.CC.CC.CC.CC.CC.CC.CC.CC.CC.CC.c1ccncc1.c1ccnnc1.c1cn[nH]n1.c1cnccn1.c1cncnc1.c1nc[nH]n1.c1ncncn1.c1nn[nH]n1.c1nnco1.c1nncs1. The number of ether oxygens (including phenoxy) is 1. The topological polar surface area (TPSA) is 365 Å². The van der Waals surface area contributed by atoms with Crippen molar-refractivity contribution < 1.29 is 9.15 Å². The summed E-state index contributed by atoms with van der Waals surface area (Å²) in [4.78, 5) is 40.5. The lowest BCUT2D eigenvalue weighted by Gasteiger charge is -1.76. The van der Waals surface area contributed by atoms with Gasteiger partial charge in [0.2, 0.25) is 12.8 Å². The highest BCUT2D eigenvalue weighted by Crippen LogP contribution is 1.99. The van der Waals surface area contributed by atoms with Crippen LogP contribution in [0, 0.1) is 0 Å². The summed E-state index contributed by atoms with van der Waals surface area (Å²) in [6, 6.07) is 11.1. The highest BCUT2D eigenvalue weighted by molar-refractivity contribution is 8.12. The van der Waals surface area contributed by atoms with Gasteiger partial charge in [0, 0.05) is 74.3 Å². The van der Waals surface area contributed by atoms with Crippen molar-refractivity contribution in [3.8, 4) is 0 Å². The molecule has 0 amide bonds. The van der Waals surface area contributed by atoms with E-state index in [0.717, 1.165) is 19.7 Å². The zero-order valence-electron chi connectivity index (χ0n) is 100. The lowest BCUT2D eigenvalue weighted by atomic mass is 10.5. The summed E-state index contributed by atoms with van der Waals surface area (Å²) >= 11 is 3.27. The number of tetrazole rings is 1. The molecule has 28 nitrogen and oxygen atoms in total. The Morgan fingerprint density at radius 3 is 0.626 bits per heavy atom.